The van der Waals surface area contributed by atoms with Crippen LogP contribution in [0.25, 0.3) is 0 Å². The summed E-state index contributed by atoms with van der Waals surface area (Å²) in [6.07, 6.45) is -1.78. The van der Waals surface area contributed by atoms with Crippen molar-refractivity contribution >= 4 is 11.9 Å². The summed E-state index contributed by atoms with van der Waals surface area (Å²) in [6, 6.07) is 7.81. The highest BCUT2D eigenvalue weighted by Gasteiger charge is 2.34. The molecule has 30 heavy (non-hydrogen) atoms. The van der Waals surface area contributed by atoms with Gasteiger partial charge in [0.25, 0.3) is 0 Å². The molecule has 0 saturated carbocycles. The van der Waals surface area contributed by atoms with Gasteiger partial charge in [0.05, 0.1) is 13.2 Å². The summed E-state index contributed by atoms with van der Waals surface area (Å²) in [4.78, 5) is 25.0. The first-order valence-electron chi connectivity index (χ1n) is 9.98. The fraction of sp³-hybridized carbons (Fsp3) is 0.417. The zero-order chi connectivity index (χ0) is 22.0. The van der Waals surface area contributed by atoms with Crippen LogP contribution >= 0.6 is 0 Å². The van der Waals surface area contributed by atoms with Crippen LogP contribution in [0.2, 0.25) is 0 Å². The molecule has 6 heteroatoms. The monoisotopic (exact) mass is 412 g/mol. The van der Waals surface area contributed by atoms with Crippen LogP contribution in [0, 0.1) is 41.5 Å². The normalized spacial score (nSPS) is 18.7. The first-order chi connectivity index (χ1) is 14.2. The van der Waals surface area contributed by atoms with Crippen molar-refractivity contribution in [2.75, 3.05) is 13.2 Å². The molecule has 1 saturated heterocycles. The van der Waals surface area contributed by atoms with Gasteiger partial charge < -0.3 is 18.9 Å². The van der Waals surface area contributed by atoms with Crippen molar-refractivity contribution in [2.24, 2.45) is 0 Å². The minimum Gasteiger partial charge on any atom is -0.424 e. The van der Waals surface area contributed by atoms with Gasteiger partial charge in [-0.25, -0.2) is 9.59 Å². The molecule has 1 heterocycles. The topological polar surface area (TPSA) is 71.1 Å². The summed E-state index contributed by atoms with van der Waals surface area (Å²) in [5.41, 5.74) is 5.71. The third kappa shape index (κ3) is 4.89. The van der Waals surface area contributed by atoms with Crippen LogP contribution in [0.1, 0.15) is 33.4 Å². The van der Waals surface area contributed by atoms with Gasteiger partial charge in [0.15, 0.2) is 12.2 Å². The van der Waals surface area contributed by atoms with Crippen molar-refractivity contribution in [3.8, 4) is 11.5 Å². The first-order valence-corrected chi connectivity index (χ1v) is 9.98. The summed E-state index contributed by atoms with van der Waals surface area (Å²) in [7, 11) is 0. The van der Waals surface area contributed by atoms with Crippen LogP contribution in [0.4, 0.5) is 0 Å². The molecular weight excluding hydrogens is 384 g/mol. The molecule has 0 N–H and O–H groups in total. The summed E-state index contributed by atoms with van der Waals surface area (Å²) in [6.45, 7) is 11.4. The van der Waals surface area contributed by atoms with E-state index in [4.69, 9.17) is 18.9 Å². The van der Waals surface area contributed by atoms with Crippen LogP contribution in [-0.4, -0.2) is 37.4 Å². The van der Waals surface area contributed by atoms with Crippen LogP contribution in [0.3, 0.4) is 0 Å². The average Bonchev–Trinajstić information content (AvgIpc) is 2.67. The number of benzene rings is 2. The van der Waals surface area contributed by atoms with Gasteiger partial charge in [-0.05, 0) is 63.8 Å². The van der Waals surface area contributed by atoms with E-state index in [1.54, 1.807) is 0 Å². The van der Waals surface area contributed by atoms with Gasteiger partial charge in [-0.2, -0.15) is 0 Å². The summed E-state index contributed by atoms with van der Waals surface area (Å²) >= 11 is 0. The molecule has 0 bridgehead atoms. The van der Waals surface area contributed by atoms with Gasteiger partial charge in [0.2, 0.25) is 0 Å². The lowest BCUT2D eigenvalue weighted by Crippen LogP contribution is -2.46. The van der Waals surface area contributed by atoms with E-state index in [2.05, 4.69) is 0 Å². The molecule has 2 aromatic carbocycles. The molecule has 1 aliphatic heterocycles. The Morgan fingerprint density at radius 3 is 1.23 bits per heavy atom. The van der Waals surface area contributed by atoms with Crippen LogP contribution in [0.15, 0.2) is 24.3 Å². The second-order valence-electron chi connectivity index (χ2n) is 7.94. The summed E-state index contributed by atoms with van der Waals surface area (Å²) in [5, 5.41) is 0. The molecular formula is C24H28O6. The van der Waals surface area contributed by atoms with E-state index in [0.29, 0.717) is 11.5 Å². The van der Waals surface area contributed by atoms with Gasteiger partial charge in [-0.3, -0.25) is 0 Å². The van der Waals surface area contributed by atoms with Crippen molar-refractivity contribution in [2.45, 2.75) is 53.8 Å². The van der Waals surface area contributed by atoms with Crippen LogP contribution in [-0.2, 0) is 19.1 Å². The molecule has 0 aliphatic carbocycles. The standard InChI is InChI=1S/C24H28O6/c1-13-7-15(3)21(16(4)8-13)29-23(25)19-11-28-20(12-27-19)24(26)30-22-17(5)9-14(2)10-18(22)6/h7-10,19-20H,11-12H2,1-6H3/t19-,20-/m1/s1. The van der Waals surface area contributed by atoms with E-state index in [0.717, 1.165) is 33.4 Å². The Morgan fingerprint density at radius 2 is 0.967 bits per heavy atom. The minimum atomic E-state index is -0.892. The van der Waals surface area contributed by atoms with E-state index >= 15 is 0 Å². The fourth-order valence-corrected chi connectivity index (χ4v) is 3.76. The molecule has 3 rings (SSSR count). The van der Waals surface area contributed by atoms with Crippen molar-refractivity contribution in [1.29, 1.82) is 0 Å². The molecule has 1 fully saturated rings. The van der Waals surface area contributed by atoms with Crippen molar-refractivity contribution < 1.29 is 28.5 Å². The van der Waals surface area contributed by atoms with Crippen LogP contribution < -0.4 is 9.47 Å². The maximum Gasteiger partial charge on any atom is 0.343 e. The lowest BCUT2D eigenvalue weighted by molar-refractivity contribution is -0.184. The Bertz CT molecular complexity index is 844. The number of ether oxygens (including phenoxy) is 4. The Hall–Kier alpha value is -2.70. The van der Waals surface area contributed by atoms with Crippen molar-refractivity contribution in [3.05, 3.63) is 57.6 Å². The molecule has 6 nitrogen and oxygen atoms in total. The van der Waals surface area contributed by atoms with E-state index in [9.17, 15) is 9.59 Å². The number of esters is 2. The van der Waals surface area contributed by atoms with E-state index < -0.39 is 24.1 Å². The van der Waals surface area contributed by atoms with Gasteiger partial charge in [-0.1, -0.05) is 35.4 Å². The number of rotatable bonds is 4. The lowest BCUT2D eigenvalue weighted by atomic mass is 10.1. The predicted molar refractivity (Wildman–Crippen MR) is 112 cm³/mol. The Kier molecular flexibility index (Phi) is 6.58. The second-order valence-corrected chi connectivity index (χ2v) is 7.94. The van der Waals surface area contributed by atoms with Gasteiger partial charge in [-0.15, -0.1) is 0 Å². The smallest absolute Gasteiger partial charge is 0.343 e. The highest BCUT2D eigenvalue weighted by molar-refractivity contribution is 5.80. The third-order valence-corrected chi connectivity index (χ3v) is 5.04. The summed E-state index contributed by atoms with van der Waals surface area (Å²) < 4.78 is 22.2. The Morgan fingerprint density at radius 1 is 0.667 bits per heavy atom. The molecule has 0 aromatic heterocycles. The van der Waals surface area contributed by atoms with Crippen LogP contribution in [0.5, 0.6) is 11.5 Å². The van der Waals surface area contributed by atoms with E-state index in [1.165, 1.54) is 0 Å². The lowest BCUT2D eigenvalue weighted by Gasteiger charge is -2.27. The van der Waals surface area contributed by atoms with E-state index in [1.807, 2.05) is 65.8 Å². The first kappa shape index (κ1) is 22.0. The second kappa shape index (κ2) is 8.98. The maximum atomic E-state index is 12.5. The molecule has 0 radical (unpaired) electrons. The molecule has 2 aromatic rings. The van der Waals surface area contributed by atoms with Crippen molar-refractivity contribution in [1.82, 2.24) is 0 Å². The molecule has 2 atom stereocenters. The zero-order valence-electron chi connectivity index (χ0n) is 18.3. The fourth-order valence-electron chi connectivity index (χ4n) is 3.76. The SMILES string of the molecule is Cc1cc(C)c(OC(=O)[C@H]2CO[C@@H](C(=O)Oc3c(C)cc(C)cc3C)CO2)c(C)c1. The minimum absolute atomic E-state index is 0.0750. The molecule has 0 spiro atoms. The maximum absolute atomic E-state index is 12.5. The quantitative estimate of drug-likeness (QED) is 0.561. The number of carbonyl (C=O) groups excluding carboxylic acids is 2. The summed E-state index contributed by atoms with van der Waals surface area (Å²) in [5.74, 6) is -0.0219. The molecule has 0 amide bonds. The van der Waals surface area contributed by atoms with Gasteiger partial charge in [0, 0.05) is 0 Å². The number of aryl methyl sites for hydroxylation is 6. The highest BCUT2D eigenvalue weighted by Crippen LogP contribution is 2.27. The number of carbonyl (C=O) groups is 2. The Labute approximate surface area is 177 Å². The third-order valence-electron chi connectivity index (χ3n) is 5.04. The molecule has 160 valence electrons. The number of hydrogen-bond acceptors (Lipinski definition) is 6. The largest absolute Gasteiger partial charge is 0.424 e. The van der Waals surface area contributed by atoms with Gasteiger partial charge >= 0.3 is 11.9 Å². The number of hydrogen-bond donors (Lipinski definition) is 0. The average molecular weight is 412 g/mol. The highest BCUT2D eigenvalue weighted by atomic mass is 16.6. The van der Waals surface area contributed by atoms with Crippen molar-refractivity contribution in [3.63, 3.8) is 0 Å². The molecule has 1 aliphatic rings. The molecule has 0 unspecified atom stereocenters. The van der Waals surface area contributed by atoms with Gasteiger partial charge in [0.1, 0.15) is 11.5 Å². The predicted octanol–water partition coefficient (Wildman–Crippen LogP) is 3.83. The Balaban J connectivity index is 1.58. The zero-order valence-corrected chi connectivity index (χ0v) is 18.3. The van der Waals surface area contributed by atoms with E-state index in [-0.39, 0.29) is 13.2 Å².